The lowest BCUT2D eigenvalue weighted by Gasteiger charge is -2.01. The smallest absolute Gasteiger partial charge is 0.302 e. The summed E-state index contributed by atoms with van der Waals surface area (Å²) in [5.41, 5.74) is 3.02. The molecule has 0 amide bonds. The maximum atomic E-state index is 10.8. The van der Waals surface area contributed by atoms with Crippen LogP contribution in [0.1, 0.15) is 12.5 Å². The Hall–Kier alpha value is -2.20. The van der Waals surface area contributed by atoms with Gasteiger partial charge in [-0.3, -0.25) is 4.79 Å². The molecule has 3 nitrogen and oxygen atoms in total. The van der Waals surface area contributed by atoms with Crippen LogP contribution in [0.15, 0.2) is 48.5 Å². The average molecular weight is 283 g/mol. The van der Waals surface area contributed by atoms with E-state index in [1.165, 1.54) is 6.92 Å². The van der Waals surface area contributed by atoms with Crippen LogP contribution >= 0.6 is 11.3 Å². The number of hydrogen-bond acceptors (Lipinski definition) is 4. The Morgan fingerprint density at radius 1 is 1.20 bits per heavy atom. The molecule has 1 aromatic heterocycles. The number of carbonyl (C=O) groups is 1. The molecule has 0 saturated heterocycles. The molecule has 0 saturated carbocycles. The number of hydrogen-bond donors (Lipinski definition) is 0. The summed E-state index contributed by atoms with van der Waals surface area (Å²) in [7, 11) is 0. The number of thiazole rings is 1. The van der Waals surface area contributed by atoms with Crippen LogP contribution in [0.25, 0.3) is 20.8 Å². The number of aromatic nitrogens is 1. The zero-order chi connectivity index (χ0) is 13.9. The van der Waals surface area contributed by atoms with Gasteiger partial charge < -0.3 is 4.74 Å². The van der Waals surface area contributed by atoms with Gasteiger partial charge >= 0.3 is 5.97 Å². The molecule has 1 heterocycles. The molecule has 0 radical (unpaired) electrons. The zero-order valence-corrected chi connectivity index (χ0v) is 11.8. The van der Waals surface area contributed by atoms with Gasteiger partial charge in [-0.25, -0.2) is 4.98 Å². The molecule has 2 aromatic carbocycles. The highest BCUT2D eigenvalue weighted by molar-refractivity contribution is 7.21. The second-order valence-electron chi connectivity index (χ2n) is 4.47. The first-order valence-corrected chi connectivity index (χ1v) is 7.12. The highest BCUT2D eigenvalue weighted by atomic mass is 32.1. The number of ether oxygens (including phenoxy) is 1. The number of fused-ring (bicyclic) bond motifs is 1. The molecule has 0 bridgehead atoms. The largest absolute Gasteiger partial charge is 0.461 e. The number of esters is 1. The predicted octanol–water partition coefficient (Wildman–Crippen LogP) is 4.03. The van der Waals surface area contributed by atoms with Gasteiger partial charge in [-0.1, -0.05) is 36.4 Å². The van der Waals surface area contributed by atoms with Gasteiger partial charge in [-0.2, -0.15) is 0 Å². The minimum Gasteiger partial charge on any atom is -0.461 e. The topological polar surface area (TPSA) is 39.2 Å². The van der Waals surface area contributed by atoms with Crippen molar-refractivity contribution in [3.8, 4) is 10.6 Å². The van der Waals surface area contributed by atoms with Crippen LogP contribution in [0.5, 0.6) is 0 Å². The van der Waals surface area contributed by atoms with E-state index in [4.69, 9.17) is 4.74 Å². The van der Waals surface area contributed by atoms with Crippen LogP contribution in [0.2, 0.25) is 0 Å². The molecule has 0 aliphatic heterocycles. The maximum Gasteiger partial charge on any atom is 0.302 e. The zero-order valence-electron chi connectivity index (χ0n) is 11.0. The Morgan fingerprint density at radius 2 is 2.00 bits per heavy atom. The molecule has 3 aromatic rings. The fourth-order valence-electron chi connectivity index (χ4n) is 1.95. The summed E-state index contributed by atoms with van der Waals surface area (Å²) in [6.07, 6.45) is 0. The Balaban J connectivity index is 1.93. The molecule has 4 heteroatoms. The lowest BCUT2D eigenvalue weighted by atomic mass is 10.2. The first-order valence-electron chi connectivity index (χ1n) is 6.30. The number of benzene rings is 2. The van der Waals surface area contributed by atoms with Crippen molar-refractivity contribution < 1.29 is 9.53 Å². The van der Waals surface area contributed by atoms with Gasteiger partial charge in [0, 0.05) is 12.5 Å². The summed E-state index contributed by atoms with van der Waals surface area (Å²) in [6.45, 7) is 1.71. The van der Waals surface area contributed by atoms with E-state index in [0.29, 0.717) is 6.61 Å². The first kappa shape index (κ1) is 12.8. The third-order valence-electron chi connectivity index (χ3n) is 2.91. The summed E-state index contributed by atoms with van der Waals surface area (Å²) in [6, 6.07) is 16.1. The quantitative estimate of drug-likeness (QED) is 0.681. The third kappa shape index (κ3) is 2.70. The molecule has 0 aliphatic rings. The van der Waals surface area contributed by atoms with Crippen LogP contribution in [-0.4, -0.2) is 11.0 Å². The Labute approximate surface area is 120 Å². The summed E-state index contributed by atoms with van der Waals surface area (Å²) in [5.74, 6) is -0.270. The molecule has 20 heavy (non-hydrogen) atoms. The fraction of sp³-hybridized carbons (Fsp3) is 0.125. The van der Waals surface area contributed by atoms with E-state index in [9.17, 15) is 4.79 Å². The van der Waals surface area contributed by atoms with Crippen molar-refractivity contribution in [2.24, 2.45) is 0 Å². The molecule has 0 atom stereocenters. The standard InChI is InChI=1S/C16H13NO2S/c1-11(18)19-10-12-7-8-15-14(9-12)17-16(20-15)13-5-3-2-4-6-13/h2-9H,10H2,1H3. The van der Waals surface area contributed by atoms with Crippen LogP contribution in [0, 0.1) is 0 Å². The second kappa shape index (κ2) is 5.43. The number of carbonyl (C=O) groups excluding carboxylic acids is 1. The van der Waals surface area contributed by atoms with E-state index in [1.807, 2.05) is 36.4 Å². The van der Waals surface area contributed by atoms with Gasteiger partial charge in [0.1, 0.15) is 11.6 Å². The van der Waals surface area contributed by atoms with E-state index in [1.54, 1.807) is 11.3 Å². The van der Waals surface area contributed by atoms with Gasteiger partial charge in [-0.15, -0.1) is 11.3 Å². The normalized spacial score (nSPS) is 10.7. The van der Waals surface area contributed by atoms with Crippen molar-refractivity contribution in [1.82, 2.24) is 4.98 Å². The maximum absolute atomic E-state index is 10.8. The number of rotatable bonds is 3. The molecular weight excluding hydrogens is 270 g/mol. The van der Waals surface area contributed by atoms with Crippen LogP contribution in [-0.2, 0) is 16.1 Å². The third-order valence-corrected chi connectivity index (χ3v) is 4.00. The molecule has 0 N–H and O–H groups in total. The highest BCUT2D eigenvalue weighted by Crippen LogP contribution is 2.30. The Morgan fingerprint density at radius 3 is 2.75 bits per heavy atom. The molecule has 0 fully saturated rings. The summed E-state index contributed by atoms with van der Waals surface area (Å²) in [4.78, 5) is 15.5. The lowest BCUT2D eigenvalue weighted by Crippen LogP contribution is -1.98. The minimum absolute atomic E-state index is 0.270. The average Bonchev–Trinajstić information content (AvgIpc) is 2.89. The van der Waals surface area contributed by atoms with Gasteiger partial charge in [0.25, 0.3) is 0 Å². The van der Waals surface area contributed by atoms with E-state index in [0.717, 1.165) is 26.4 Å². The van der Waals surface area contributed by atoms with Crippen LogP contribution in [0.3, 0.4) is 0 Å². The van der Waals surface area contributed by atoms with Crippen molar-refractivity contribution in [3.63, 3.8) is 0 Å². The van der Waals surface area contributed by atoms with Gasteiger partial charge in [-0.05, 0) is 17.7 Å². The molecule has 0 unspecified atom stereocenters. The van der Waals surface area contributed by atoms with E-state index >= 15 is 0 Å². The monoisotopic (exact) mass is 283 g/mol. The van der Waals surface area contributed by atoms with Crippen molar-refractivity contribution in [3.05, 3.63) is 54.1 Å². The second-order valence-corrected chi connectivity index (χ2v) is 5.50. The van der Waals surface area contributed by atoms with Crippen LogP contribution in [0.4, 0.5) is 0 Å². The van der Waals surface area contributed by atoms with Crippen molar-refractivity contribution in [1.29, 1.82) is 0 Å². The SMILES string of the molecule is CC(=O)OCc1ccc2sc(-c3ccccc3)nc2c1. The number of nitrogens with zero attached hydrogens (tertiary/aromatic N) is 1. The van der Waals surface area contributed by atoms with E-state index in [-0.39, 0.29) is 5.97 Å². The molecule has 100 valence electrons. The Bertz CT molecular complexity index is 750. The van der Waals surface area contributed by atoms with Crippen molar-refractivity contribution in [2.75, 3.05) is 0 Å². The minimum atomic E-state index is -0.270. The molecule has 0 spiro atoms. The van der Waals surface area contributed by atoms with Gasteiger partial charge in [0.05, 0.1) is 10.2 Å². The van der Waals surface area contributed by atoms with Crippen molar-refractivity contribution in [2.45, 2.75) is 13.5 Å². The van der Waals surface area contributed by atoms with Gasteiger partial charge in [0.15, 0.2) is 0 Å². The first-order chi connectivity index (χ1) is 9.72. The molecule has 3 rings (SSSR count). The molecule has 0 aliphatic carbocycles. The van der Waals surface area contributed by atoms with Crippen LogP contribution < -0.4 is 0 Å². The van der Waals surface area contributed by atoms with E-state index in [2.05, 4.69) is 17.1 Å². The summed E-state index contributed by atoms with van der Waals surface area (Å²) < 4.78 is 6.14. The van der Waals surface area contributed by atoms with E-state index < -0.39 is 0 Å². The Kier molecular flexibility index (Phi) is 3.48. The fourth-order valence-corrected chi connectivity index (χ4v) is 2.90. The van der Waals surface area contributed by atoms with Gasteiger partial charge in [0.2, 0.25) is 0 Å². The summed E-state index contributed by atoms with van der Waals surface area (Å²) in [5, 5.41) is 1.00. The van der Waals surface area contributed by atoms with Crippen molar-refractivity contribution >= 4 is 27.5 Å². The highest BCUT2D eigenvalue weighted by Gasteiger charge is 2.07. The molecular formula is C16H13NO2S. The lowest BCUT2D eigenvalue weighted by molar-refractivity contribution is -0.142. The summed E-state index contributed by atoms with van der Waals surface area (Å²) >= 11 is 1.66. The predicted molar refractivity (Wildman–Crippen MR) is 80.5 cm³/mol.